The van der Waals surface area contributed by atoms with Crippen LogP contribution in [-0.4, -0.2) is 36.8 Å². The third-order valence-corrected chi connectivity index (χ3v) is 5.95. The molecule has 1 fully saturated rings. The van der Waals surface area contributed by atoms with Crippen LogP contribution in [0.5, 0.6) is 0 Å². The summed E-state index contributed by atoms with van der Waals surface area (Å²) in [6.45, 7) is 6.97. The van der Waals surface area contributed by atoms with Crippen molar-refractivity contribution in [2.75, 3.05) is 18.4 Å². The summed E-state index contributed by atoms with van der Waals surface area (Å²) in [7, 11) is -3.55. The van der Waals surface area contributed by atoms with Crippen molar-refractivity contribution in [3.8, 4) is 0 Å². The van der Waals surface area contributed by atoms with Gasteiger partial charge in [0.25, 0.3) is 0 Å². The number of nitrogens with zero attached hydrogens (tertiary/aromatic N) is 2. The van der Waals surface area contributed by atoms with Crippen LogP contribution in [0.2, 0.25) is 0 Å². The molecule has 1 aliphatic rings. The number of anilines is 1. The van der Waals surface area contributed by atoms with Gasteiger partial charge in [0, 0.05) is 29.8 Å². The van der Waals surface area contributed by atoms with Crippen LogP contribution in [0.15, 0.2) is 21.6 Å². The maximum Gasteiger partial charge on any atom is 0.247 e. The van der Waals surface area contributed by atoms with Gasteiger partial charge in [0.15, 0.2) is 0 Å². The SMILES string of the molecule is CCNc1ncc(Br)cc1S(=O)(=O)N(CC1CC1)C(C)C. The van der Waals surface area contributed by atoms with Gasteiger partial charge in [-0.3, -0.25) is 0 Å². The van der Waals surface area contributed by atoms with Crippen molar-refractivity contribution >= 4 is 31.8 Å². The van der Waals surface area contributed by atoms with Crippen molar-refractivity contribution in [3.05, 3.63) is 16.7 Å². The number of pyridine rings is 1. The smallest absolute Gasteiger partial charge is 0.247 e. The molecule has 0 amide bonds. The van der Waals surface area contributed by atoms with Gasteiger partial charge in [-0.15, -0.1) is 0 Å². The number of hydrogen-bond donors (Lipinski definition) is 1. The van der Waals surface area contributed by atoms with Crippen LogP contribution in [0.25, 0.3) is 0 Å². The molecule has 21 heavy (non-hydrogen) atoms. The molecule has 1 aromatic rings. The molecule has 0 bridgehead atoms. The molecule has 7 heteroatoms. The van der Waals surface area contributed by atoms with E-state index in [4.69, 9.17) is 0 Å². The van der Waals surface area contributed by atoms with E-state index in [1.807, 2.05) is 20.8 Å². The fourth-order valence-electron chi connectivity index (χ4n) is 2.19. The second kappa shape index (κ2) is 6.62. The van der Waals surface area contributed by atoms with Crippen LogP contribution in [0, 0.1) is 5.92 Å². The Hall–Kier alpha value is -0.660. The average molecular weight is 376 g/mol. The average Bonchev–Trinajstić information content (AvgIpc) is 3.21. The molecule has 2 rings (SSSR count). The largest absolute Gasteiger partial charge is 0.369 e. The van der Waals surface area contributed by atoms with Crippen molar-refractivity contribution in [3.63, 3.8) is 0 Å². The predicted molar refractivity (Wildman–Crippen MR) is 87.9 cm³/mol. The van der Waals surface area contributed by atoms with E-state index >= 15 is 0 Å². The van der Waals surface area contributed by atoms with Crippen LogP contribution in [0.1, 0.15) is 33.6 Å². The number of nitrogens with one attached hydrogen (secondary N) is 1. The fourth-order valence-corrected chi connectivity index (χ4v) is 4.53. The summed E-state index contributed by atoms with van der Waals surface area (Å²) >= 11 is 3.32. The summed E-state index contributed by atoms with van der Waals surface area (Å²) in [5.41, 5.74) is 0. The number of sulfonamides is 1. The molecule has 118 valence electrons. The normalized spacial score (nSPS) is 15.7. The Bertz CT molecular complexity index is 600. The lowest BCUT2D eigenvalue weighted by atomic mass is 10.3. The lowest BCUT2D eigenvalue weighted by Gasteiger charge is -2.26. The maximum atomic E-state index is 13.0. The zero-order valence-corrected chi connectivity index (χ0v) is 15.0. The van der Waals surface area contributed by atoms with Crippen LogP contribution in [0.4, 0.5) is 5.82 Å². The van der Waals surface area contributed by atoms with Crippen LogP contribution in [0.3, 0.4) is 0 Å². The molecule has 0 spiro atoms. The summed E-state index contributed by atoms with van der Waals surface area (Å²) < 4.78 is 28.3. The molecule has 1 heterocycles. The third-order valence-electron chi connectivity index (χ3n) is 3.46. The Morgan fingerprint density at radius 3 is 2.67 bits per heavy atom. The molecule has 1 aliphatic carbocycles. The molecule has 0 unspecified atom stereocenters. The minimum absolute atomic E-state index is 0.0657. The van der Waals surface area contributed by atoms with Crippen molar-refractivity contribution in [2.45, 2.75) is 44.6 Å². The molecule has 0 aliphatic heterocycles. The first-order chi connectivity index (χ1) is 9.86. The summed E-state index contributed by atoms with van der Waals surface area (Å²) in [4.78, 5) is 4.45. The summed E-state index contributed by atoms with van der Waals surface area (Å²) in [5, 5.41) is 3.03. The summed E-state index contributed by atoms with van der Waals surface area (Å²) in [6.07, 6.45) is 3.85. The van der Waals surface area contributed by atoms with E-state index in [1.54, 1.807) is 16.6 Å². The Morgan fingerprint density at radius 2 is 2.14 bits per heavy atom. The number of aromatic nitrogens is 1. The second-order valence-electron chi connectivity index (χ2n) is 5.64. The molecule has 0 saturated heterocycles. The van der Waals surface area contributed by atoms with Gasteiger partial charge < -0.3 is 5.32 Å². The number of halogens is 1. The molecule has 0 radical (unpaired) electrons. The highest BCUT2D eigenvalue weighted by atomic mass is 79.9. The van der Waals surface area contributed by atoms with E-state index < -0.39 is 10.0 Å². The lowest BCUT2D eigenvalue weighted by molar-refractivity contribution is 0.342. The van der Waals surface area contributed by atoms with E-state index in [-0.39, 0.29) is 10.9 Å². The minimum Gasteiger partial charge on any atom is -0.369 e. The molecule has 0 aromatic carbocycles. The lowest BCUT2D eigenvalue weighted by Crippen LogP contribution is -2.38. The molecule has 1 N–H and O–H groups in total. The van der Waals surface area contributed by atoms with Crippen molar-refractivity contribution in [1.29, 1.82) is 0 Å². The van der Waals surface area contributed by atoms with Crippen molar-refractivity contribution < 1.29 is 8.42 Å². The highest BCUT2D eigenvalue weighted by molar-refractivity contribution is 9.10. The fraction of sp³-hybridized carbons (Fsp3) is 0.643. The zero-order valence-electron chi connectivity index (χ0n) is 12.6. The van der Waals surface area contributed by atoms with Crippen molar-refractivity contribution in [1.82, 2.24) is 9.29 Å². The quantitative estimate of drug-likeness (QED) is 0.795. The standard InChI is InChI=1S/C14H22BrN3O2S/c1-4-16-14-13(7-12(15)8-17-14)21(19,20)18(10(2)3)9-11-5-6-11/h7-8,10-11H,4-6,9H2,1-3H3,(H,16,17). The topological polar surface area (TPSA) is 62.3 Å². The summed E-state index contributed by atoms with van der Waals surface area (Å²) in [5.74, 6) is 0.923. The molecular weight excluding hydrogens is 354 g/mol. The van der Waals surface area contributed by atoms with Gasteiger partial charge in [0.1, 0.15) is 10.7 Å². The number of hydrogen-bond acceptors (Lipinski definition) is 4. The van der Waals surface area contributed by atoms with Gasteiger partial charge in [0.2, 0.25) is 10.0 Å². The predicted octanol–water partition coefficient (Wildman–Crippen LogP) is 3.09. The van der Waals surface area contributed by atoms with E-state index in [9.17, 15) is 8.42 Å². The highest BCUT2D eigenvalue weighted by Crippen LogP contribution is 2.34. The Balaban J connectivity index is 2.42. The maximum absolute atomic E-state index is 13.0. The van der Waals surface area contributed by atoms with Crippen LogP contribution >= 0.6 is 15.9 Å². The molecule has 5 nitrogen and oxygen atoms in total. The summed E-state index contributed by atoms with van der Waals surface area (Å²) in [6, 6.07) is 1.56. The first-order valence-corrected chi connectivity index (χ1v) is 9.50. The van der Waals surface area contributed by atoms with Crippen LogP contribution in [-0.2, 0) is 10.0 Å². The first kappa shape index (κ1) is 16.7. The number of rotatable bonds is 7. The monoisotopic (exact) mass is 375 g/mol. The van der Waals surface area contributed by atoms with Gasteiger partial charge in [-0.25, -0.2) is 13.4 Å². The van der Waals surface area contributed by atoms with Gasteiger partial charge in [-0.2, -0.15) is 4.31 Å². The Kier molecular flexibility index (Phi) is 5.27. The molecule has 1 aromatic heterocycles. The molecular formula is C14H22BrN3O2S. The van der Waals surface area contributed by atoms with Crippen molar-refractivity contribution in [2.24, 2.45) is 5.92 Å². The Morgan fingerprint density at radius 1 is 1.48 bits per heavy atom. The van der Waals surface area contributed by atoms with Crippen LogP contribution < -0.4 is 5.32 Å². The Labute approximate surface area is 135 Å². The van der Waals surface area contributed by atoms with E-state index in [0.29, 0.717) is 29.3 Å². The third kappa shape index (κ3) is 3.96. The van der Waals surface area contributed by atoms with E-state index in [0.717, 1.165) is 12.8 Å². The van der Waals surface area contributed by atoms with E-state index in [1.165, 1.54) is 0 Å². The zero-order chi connectivity index (χ0) is 15.6. The van der Waals surface area contributed by atoms with E-state index in [2.05, 4.69) is 26.2 Å². The molecule has 0 atom stereocenters. The van der Waals surface area contributed by atoms with Gasteiger partial charge in [0.05, 0.1) is 0 Å². The van der Waals surface area contributed by atoms with Gasteiger partial charge in [-0.1, -0.05) is 0 Å². The highest BCUT2D eigenvalue weighted by Gasteiger charge is 2.35. The van der Waals surface area contributed by atoms with Gasteiger partial charge in [-0.05, 0) is 61.5 Å². The second-order valence-corrected chi connectivity index (χ2v) is 8.42. The molecule has 1 saturated carbocycles. The minimum atomic E-state index is -3.55. The van der Waals surface area contributed by atoms with Gasteiger partial charge >= 0.3 is 0 Å². The first-order valence-electron chi connectivity index (χ1n) is 7.27.